The number of halogens is 2. The highest BCUT2D eigenvalue weighted by Crippen LogP contribution is 2.39. The average molecular weight is 487 g/mol. The van der Waals surface area contributed by atoms with Crippen LogP contribution in [0.5, 0.6) is 0 Å². The summed E-state index contributed by atoms with van der Waals surface area (Å²) in [6.45, 7) is 1.11. The fraction of sp³-hybridized carbons (Fsp3) is 0.304. The third kappa shape index (κ3) is 4.00. The number of alkyl halides is 2. The van der Waals surface area contributed by atoms with Gasteiger partial charge in [-0.25, -0.2) is 13.8 Å². The number of hydrogen-bond donors (Lipinski definition) is 1. The first-order valence-electron chi connectivity index (χ1n) is 10.7. The summed E-state index contributed by atoms with van der Waals surface area (Å²) in [5.41, 5.74) is 4.29. The molecule has 0 aliphatic carbocycles. The Morgan fingerprint density at radius 3 is 2.68 bits per heavy atom. The molecule has 1 aliphatic rings. The second kappa shape index (κ2) is 7.79. The van der Waals surface area contributed by atoms with Gasteiger partial charge in [-0.15, -0.1) is 0 Å². The van der Waals surface area contributed by atoms with Crippen LogP contribution in [0, 0.1) is 0 Å². The minimum Gasteiger partial charge on any atom is -0.365 e. The highest BCUT2D eigenvalue weighted by atomic mass is 32.2. The summed E-state index contributed by atoms with van der Waals surface area (Å²) in [5, 5.41) is 4.53. The Labute approximate surface area is 195 Å². The van der Waals surface area contributed by atoms with Gasteiger partial charge in [0.1, 0.15) is 5.65 Å². The second-order valence-electron chi connectivity index (χ2n) is 8.73. The van der Waals surface area contributed by atoms with Crippen molar-refractivity contribution in [3.05, 3.63) is 54.5 Å². The first-order chi connectivity index (χ1) is 16.0. The zero-order valence-electron chi connectivity index (χ0n) is 19.0. The van der Waals surface area contributed by atoms with E-state index in [1.807, 2.05) is 36.0 Å². The van der Waals surface area contributed by atoms with Crippen LogP contribution in [0.4, 0.5) is 20.2 Å². The maximum absolute atomic E-state index is 13.7. The number of benzene rings is 1. The van der Waals surface area contributed by atoms with Gasteiger partial charge < -0.3 is 9.47 Å². The lowest BCUT2D eigenvalue weighted by atomic mass is 10.0. The first kappa shape index (κ1) is 22.3. The fourth-order valence-corrected chi connectivity index (χ4v) is 5.49. The van der Waals surface area contributed by atoms with Gasteiger partial charge in [0.15, 0.2) is 5.03 Å². The molecule has 0 saturated heterocycles. The molecule has 0 amide bonds. The summed E-state index contributed by atoms with van der Waals surface area (Å²) in [7, 11) is -0.453. The Morgan fingerprint density at radius 2 is 1.97 bits per heavy atom. The summed E-state index contributed by atoms with van der Waals surface area (Å²) in [6.07, 6.45) is 5.67. The lowest BCUT2D eigenvalue weighted by molar-refractivity contribution is 0.0303. The van der Waals surface area contributed by atoms with Crippen LogP contribution in [0.1, 0.15) is 12.5 Å². The predicted molar refractivity (Wildman–Crippen MR) is 127 cm³/mol. The monoisotopic (exact) mass is 486 g/mol. The molecule has 0 fully saturated rings. The molecule has 4 heterocycles. The van der Waals surface area contributed by atoms with Crippen LogP contribution >= 0.6 is 0 Å². The summed E-state index contributed by atoms with van der Waals surface area (Å²) in [4.78, 5) is 6.13. The van der Waals surface area contributed by atoms with Crippen molar-refractivity contribution in [1.82, 2.24) is 19.3 Å². The van der Waals surface area contributed by atoms with Crippen LogP contribution in [0.25, 0.3) is 22.2 Å². The van der Waals surface area contributed by atoms with Crippen LogP contribution < -0.4 is 9.62 Å². The van der Waals surface area contributed by atoms with Crippen LogP contribution in [-0.2, 0) is 30.5 Å². The van der Waals surface area contributed by atoms with Gasteiger partial charge in [0, 0.05) is 57.4 Å². The van der Waals surface area contributed by atoms with Crippen molar-refractivity contribution >= 4 is 32.4 Å². The Bertz CT molecular complexity index is 1500. The number of hydrogen-bond acceptors (Lipinski definition) is 5. The quantitative estimate of drug-likeness (QED) is 0.448. The number of nitrogens with one attached hydrogen (secondary N) is 1. The van der Waals surface area contributed by atoms with Gasteiger partial charge in [-0.1, -0.05) is 12.1 Å². The van der Waals surface area contributed by atoms with Crippen molar-refractivity contribution in [1.29, 1.82) is 0 Å². The maximum atomic E-state index is 13.7. The lowest BCUT2D eigenvalue weighted by Gasteiger charge is -2.23. The molecule has 0 unspecified atom stereocenters. The number of pyridine rings is 1. The Hall–Kier alpha value is -3.47. The molecule has 1 aromatic carbocycles. The third-order valence-electron chi connectivity index (χ3n) is 5.92. The normalized spacial score (nSPS) is 14.1. The van der Waals surface area contributed by atoms with E-state index in [2.05, 4.69) is 14.8 Å². The smallest absolute Gasteiger partial charge is 0.281 e. The largest absolute Gasteiger partial charge is 0.365 e. The van der Waals surface area contributed by atoms with E-state index in [0.29, 0.717) is 29.7 Å². The minimum atomic E-state index is -3.92. The van der Waals surface area contributed by atoms with Crippen molar-refractivity contribution < 1.29 is 17.2 Å². The average Bonchev–Trinajstić information content (AvgIpc) is 3.45. The molecule has 0 saturated carbocycles. The van der Waals surface area contributed by atoms with Gasteiger partial charge in [0.25, 0.3) is 15.9 Å². The van der Waals surface area contributed by atoms with Crippen LogP contribution in [0.2, 0.25) is 0 Å². The van der Waals surface area contributed by atoms with E-state index in [1.165, 1.54) is 16.9 Å². The maximum Gasteiger partial charge on any atom is 0.281 e. The molecule has 178 valence electrons. The number of sulfonamides is 1. The Kier molecular flexibility index (Phi) is 5.12. The topological polar surface area (TPSA) is 85.0 Å². The van der Waals surface area contributed by atoms with Gasteiger partial charge in [0.05, 0.1) is 17.6 Å². The molecule has 8 nitrogen and oxygen atoms in total. The summed E-state index contributed by atoms with van der Waals surface area (Å²) >= 11 is 0. The van der Waals surface area contributed by atoms with Gasteiger partial charge in [0.2, 0.25) is 0 Å². The molecule has 0 atom stereocenters. The van der Waals surface area contributed by atoms with Crippen LogP contribution in [0.15, 0.2) is 53.9 Å². The van der Waals surface area contributed by atoms with E-state index in [4.69, 9.17) is 0 Å². The highest BCUT2D eigenvalue weighted by molar-refractivity contribution is 7.92. The Balaban J connectivity index is 1.60. The zero-order chi connectivity index (χ0) is 24.3. The molecular formula is C23H24F2N6O2S. The number of nitrogens with zero attached hydrogens (tertiary/aromatic N) is 5. The summed E-state index contributed by atoms with van der Waals surface area (Å²) in [5.74, 6) is -2.81. The molecule has 34 heavy (non-hydrogen) atoms. The molecule has 5 rings (SSSR count). The number of aromatic nitrogens is 4. The van der Waals surface area contributed by atoms with Gasteiger partial charge in [-0.3, -0.25) is 9.40 Å². The Morgan fingerprint density at radius 1 is 1.18 bits per heavy atom. The standard InChI is InChI=1S/C23H24F2N6O2S/c1-23(24,25)14-31-11-7-15-4-5-16(12-19(15)31)17-13-29(2)22-21(17)18(6-9-26-22)28-34(32,33)20-8-10-30(3)27-20/h4-6,8-10,12-13H,7,11,14H2,1-3H3,(H,26,28). The molecule has 0 radical (unpaired) electrons. The molecular weight excluding hydrogens is 462 g/mol. The van der Waals surface area contributed by atoms with E-state index >= 15 is 0 Å². The molecule has 0 spiro atoms. The molecule has 3 aromatic heterocycles. The lowest BCUT2D eigenvalue weighted by Crippen LogP contribution is -2.33. The summed E-state index contributed by atoms with van der Waals surface area (Å²) in [6, 6.07) is 8.80. The van der Waals surface area contributed by atoms with Crippen molar-refractivity contribution in [3.63, 3.8) is 0 Å². The molecule has 1 aliphatic heterocycles. The van der Waals surface area contributed by atoms with Crippen LogP contribution in [-0.4, -0.2) is 46.8 Å². The van der Waals surface area contributed by atoms with E-state index < -0.39 is 15.9 Å². The molecule has 4 aromatic rings. The van der Waals surface area contributed by atoms with Crippen molar-refractivity contribution in [2.75, 3.05) is 22.7 Å². The SMILES string of the molecule is Cn1ccc(S(=O)(=O)Nc2ccnc3c2c(-c2ccc4c(c2)N(CC(C)(F)F)CC4)cn3C)n1. The van der Waals surface area contributed by atoms with E-state index in [1.54, 1.807) is 24.2 Å². The zero-order valence-corrected chi connectivity index (χ0v) is 19.8. The highest BCUT2D eigenvalue weighted by Gasteiger charge is 2.30. The van der Waals surface area contributed by atoms with Crippen molar-refractivity contribution in [3.8, 4) is 11.1 Å². The van der Waals surface area contributed by atoms with E-state index in [9.17, 15) is 17.2 Å². The van der Waals surface area contributed by atoms with E-state index in [-0.39, 0.29) is 11.6 Å². The number of rotatable bonds is 6. The first-order valence-corrected chi connectivity index (χ1v) is 12.2. The molecule has 11 heteroatoms. The third-order valence-corrected chi connectivity index (χ3v) is 7.18. The fourth-order valence-electron chi connectivity index (χ4n) is 4.45. The number of fused-ring (bicyclic) bond motifs is 2. The van der Waals surface area contributed by atoms with Gasteiger partial charge >= 0.3 is 0 Å². The van der Waals surface area contributed by atoms with Crippen LogP contribution in [0.3, 0.4) is 0 Å². The minimum absolute atomic E-state index is 0.0916. The van der Waals surface area contributed by atoms with E-state index in [0.717, 1.165) is 29.3 Å². The summed E-state index contributed by atoms with van der Waals surface area (Å²) < 4.78 is 59.2. The molecule has 1 N–H and O–H groups in total. The molecule has 0 bridgehead atoms. The van der Waals surface area contributed by atoms with Gasteiger partial charge in [-0.2, -0.15) is 13.5 Å². The predicted octanol–water partition coefficient (Wildman–Crippen LogP) is 3.79. The number of aryl methyl sites for hydroxylation is 2. The second-order valence-corrected chi connectivity index (χ2v) is 10.4. The van der Waals surface area contributed by atoms with Gasteiger partial charge in [-0.05, 0) is 35.7 Å². The van der Waals surface area contributed by atoms with Crippen molar-refractivity contribution in [2.45, 2.75) is 24.3 Å². The van der Waals surface area contributed by atoms with Crippen molar-refractivity contribution in [2.24, 2.45) is 14.1 Å². The number of anilines is 2.